The van der Waals surface area contributed by atoms with Crippen LogP contribution in [0, 0.1) is 0 Å². The third-order valence-electron chi connectivity index (χ3n) is 2.91. The van der Waals surface area contributed by atoms with Crippen molar-refractivity contribution in [2.45, 2.75) is 25.3 Å². The number of aromatic nitrogens is 4. The van der Waals surface area contributed by atoms with E-state index in [0.717, 1.165) is 12.8 Å². The van der Waals surface area contributed by atoms with Crippen molar-refractivity contribution in [2.75, 3.05) is 5.32 Å². The Morgan fingerprint density at radius 2 is 2.19 bits per heavy atom. The van der Waals surface area contributed by atoms with Gasteiger partial charge in [0.05, 0.1) is 17.9 Å². The third-order valence-corrected chi connectivity index (χ3v) is 2.91. The quantitative estimate of drug-likeness (QED) is 0.800. The van der Waals surface area contributed by atoms with Gasteiger partial charge in [-0.25, -0.2) is 9.97 Å². The van der Waals surface area contributed by atoms with E-state index in [-0.39, 0.29) is 6.04 Å². The van der Waals surface area contributed by atoms with Crippen molar-refractivity contribution in [1.29, 1.82) is 0 Å². The molecule has 0 saturated carbocycles. The predicted octanol–water partition coefficient (Wildman–Crippen LogP) is 1.69. The Morgan fingerprint density at radius 3 is 3.06 bits per heavy atom. The van der Waals surface area contributed by atoms with Gasteiger partial charge in [-0.1, -0.05) is 0 Å². The van der Waals surface area contributed by atoms with Crippen LogP contribution in [-0.2, 0) is 6.42 Å². The second kappa shape index (κ2) is 3.92. The van der Waals surface area contributed by atoms with Gasteiger partial charge in [0.1, 0.15) is 0 Å². The lowest BCUT2D eigenvalue weighted by atomic mass is 9.94. The Labute approximate surface area is 93.3 Å². The van der Waals surface area contributed by atoms with Crippen molar-refractivity contribution in [1.82, 2.24) is 20.2 Å². The summed E-state index contributed by atoms with van der Waals surface area (Å²) in [5, 5.41) is 10.5. The number of hydrogen-bond donors (Lipinski definition) is 2. The molecule has 0 fully saturated rings. The molecule has 0 saturated heterocycles. The molecule has 1 unspecified atom stereocenters. The molecule has 0 aromatic carbocycles. The van der Waals surface area contributed by atoms with E-state index in [2.05, 4.69) is 25.5 Å². The molecule has 5 heteroatoms. The highest BCUT2D eigenvalue weighted by Gasteiger charge is 2.22. The van der Waals surface area contributed by atoms with Crippen LogP contribution in [0.25, 0.3) is 0 Å². The zero-order valence-corrected chi connectivity index (χ0v) is 8.85. The average Bonchev–Trinajstić information content (AvgIpc) is 2.80. The smallest absolute Gasteiger partial charge is 0.223 e. The highest BCUT2D eigenvalue weighted by Crippen LogP contribution is 2.29. The van der Waals surface area contributed by atoms with Crippen LogP contribution in [0.15, 0.2) is 24.7 Å². The Balaban J connectivity index is 1.83. The Bertz CT molecular complexity index is 464. The lowest BCUT2D eigenvalue weighted by Gasteiger charge is -2.22. The first kappa shape index (κ1) is 9.33. The normalized spacial score (nSPS) is 19.1. The van der Waals surface area contributed by atoms with Gasteiger partial charge in [-0.05, 0) is 30.9 Å². The van der Waals surface area contributed by atoms with Crippen molar-refractivity contribution in [3.63, 3.8) is 0 Å². The van der Waals surface area contributed by atoms with Gasteiger partial charge >= 0.3 is 0 Å². The van der Waals surface area contributed by atoms with Crippen LogP contribution < -0.4 is 5.32 Å². The van der Waals surface area contributed by atoms with E-state index in [1.165, 1.54) is 17.7 Å². The first-order chi connectivity index (χ1) is 7.93. The second-order valence-corrected chi connectivity index (χ2v) is 3.97. The number of rotatable bonds is 2. The first-order valence-corrected chi connectivity index (χ1v) is 5.49. The van der Waals surface area contributed by atoms with E-state index in [1.54, 1.807) is 12.4 Å². The van der Waals surface area contributed by atoms with Gasteiger partial charge in [-0.15, -0.1) is 0 Å². The molecule has 5 nitrogen and oxygen atoms in total. The van der Waals surface area contributed by atoms with Gasteiger partial charge in [-0.2, -0.15) is 5.10 Å². The largest absolute Gasteiger partial charge is 0.346 e. The summed E-state index contributed by atoms with van der Waals surface area (Å²) in [5.41, 5.74) is 2.48. The van der Waals surface area contributed by atoms with E-state index in [9.17, 15) is 0 Å². The molecule has 0 radical (unpaired) electrons. The number of hydrogen-bond acceptors (Lipinski definition) is 4. The van der Waals surface area contributed by atoms with Crippen LogP contribution in [-0.4, -0.2) is 20.2 Å². The van der Waals surface area contributed by atoms with Crippen LogP contribution in [0.4, 0.5) is 5.95 Å². The average molecular weight is 215 g/mol. The number of anilines is 1. The molecule has 0 bridgehead atoms. The second-order valence-electron chi connectivity index (χ2n) is 3.97. The summed E-state index contributed by atoms with van der Waals surface area (Å²) in [7, 11) is 0. The summed E-state index contributed by atoms with van der Waals surface area (Å²) in [6.45, 7) is 0. The monoisotopic (exact) mass is 215 g/mol. The van der Waals surface area contributed by atoms with Crippen molar-refractivity contribution >= 4 is 5.95 Å². The fraction of sp³-hybridized carbons (Fsp3) is 0.364. The van der Waals surface area contributed by atoms with E-state index in [4.69, 9.17) is 0 Å². The Kier molecular flexibility index (Phi) is 2.29. The number of aryl methyl sites for hydroxylation is 1. The SMILES string of the molecule is c1cnc(NC2CCCc3cn[nH]c32)nc1. The lowest BCUT2D eigenvalue weighted by molar-refractivity contribution is 0.584. The molecule has 2 N–H and O–H groups in total. The number of H-pyrrole nitrogens is 1. The van der Waals surface area contributed by atoms with Gasteiger partial charge in [0.25, 0.3) is 0 Å². The maximum Gasteiger partial charge on any atom is 0.223 e. The van der Waals surface area contributed by atoms with Crippen LogP contribution >= 0.6 is 0 Å². The summed E-state index contributed by atoms with van der Waals surface area (Å²) < 4.78 is 0. The molecule has 1 aliphatic rings. The molecule has 16 heavy (non-hydrogen) atoms. The third kappa shape index (κ3) is 1.64. The molecule has 0 spiro atoms. The van der Waals surface area contributed by atoms with Crippen LogP contribution in [0.2, 0.25) is 0 Å². The van der Waals surface area contributed by atoms with E-state index in [0.29, 0.717) is 5.95 Å². The van der Waals surface area contributed by atoms with E-state index < -0.39 is 0 Å². The van der Waals surface area contributed by atoms with Gasteiger partial charge in [0.15, 0.2) is 0 Å². The summed E-state index contributed by atoms with van der Waals surface area (Å²) in [5.74, 6) is 0.676. The maximum absolute atomic E-state index is 4.17. The number of nitrogens with one attached hydrogen (secondary N) is 2. The van der Waals surface area contributed by atoms with E-state index >= 15 is 0 Å². The maximum atomic E-state index is 4.17. The van der Waals surface area contributed by atoms with Crippen molar-refractivity contribution in [3.8, 4) is 0 Å². The zero-order valence-electron chi connectivity index (χ0n) is 8.85. The molecular formula is C11H13N5. The highest BCUT2D eigenvalue weighted by molar-refractivity contribution is 5.32. The fourth-order valence-corrected chi connectivity index (χ4v) is 2.14. The molecule has 0 aliphatic heterocycles. The van der Waals surface area contributed by atoms with Crippen LogP contribution in [0.5, 0.6) is 0 Å². The Hall–Kier alpha value is -1.91. The molecule has 1 atom stereocenters. The summed E-state index contributed by atoms with van der Waals surface area (Å²) in [4.78, 5) is 8.35. The standard InChI is InChI=1S/C11H13N5/c1-3-8-7-14-16-10(8)9(4-1)15-11-12-5-2-6-13-11/h2,5-7,9H,1,3-4H2,(H,14,16)(H,12,13,15). The molecule has 3 rings (SSSR count). The highest BCUT2D eigenvalue weighted by atomic mass is 15.2. The van der Waals surface area contributed by atoms with Crippen LogP contribution in [0.1, 0.15) is 30.1 Å². The van der Waals surface area contributed by atoms with Crippen molar-refractivity contribution < 1.29 is 0 Å². The molecular weight excluding hydrogens is 202 g/mol. The summed E-state index contributed by atoms with van der Waals surface area (Å²) in [6.07, 6.45) is 8.78. The van der Waals surface area contributed by atoms with Gasteiger partial charge in [-0.3, -0.25) is 5.10 Å². The van der Waals surface area contributed by atoms with Gasteiger partial charge in [0.2, 0.25) is 5.95 Å². The number of fused-ring (bicyclic) bond motifs is 1. The molecule has 2 aromatic heterocycles. The predicted molar refractivity (Wildman–Crippen MR) is 59.9 cm³/mol. The van der Waals surface area contributed by atoms with Gasteiger partial charge < -0.3 is 5.32 Å². The molecule has 2 heterocycles. The van der Waals surface area contributed by atoms with E-state index in [1.807, 2.05) is 12.3 Å². The fourth-order valence-electron chi connectivity index (χ4n) is 2.14. The van der Waals surface area contributed by atoms with Gasteiger partial charge in [0, 0.05) is 12.4 Å². The molecule has 82 valence electrons. The summed E-state index contributed by atoms with van der Waals surface area (Å²) >= 11 is 0. The van der Waals surface area contributed by atoms with Crippen molar-refractivity contribution in [2.24, 2.45) is 0 Å². The minimum Gasteiger partial charge on any atom is -0.346 e. The lowest BCUT2D eigenvalue weighted by Crippen LogP contribution is -2.18. The van der Waals surface area contributed by atoms with Crippen LogP contribution in [0.3, 0.4) is 0 Å². The van der Waals surface area contributed by atoms with Crippen molar-refractivity contribution in [3.05, 3.63) is 35.9 Å². The minimum absolute atomic E-state index is 0.258. The first-order valence-electron chi connectivity index (χ1n) is 5.49. The molecule has 0 amide bonds. The minimum atomic E-state index is 0.258. The number of aromatic amines is 1. The topological polar surface area (TPSA) is 66.5 Å². The summed E-state index contributed by atoms with van der Waals surface area (Å²) in [6, 6.07) is 2.07. The number of nitrogens with zero attached hydrogens (tertiary/aromatic N) is 3. The molecule has 2 aromatic rings. The zero-order chi connectivity index (χ0) is 10.8. The Morgan fingerprint density at radius 1 is 1.31 bits per heavy atom. The molecule has 1 aliphatic carbocycles.